The molecule has 2 aliphatic rings. The number of nitrogens with zero attached hydrogens (tertiary/aromatic N) is 2. The summed E-state index contributed by atoms with van der Waals surface area (Å²) in [5, 5.41) is 6.59. The number of benzene rings is 3. The van der Waals surface area contributed by atoms with E-state index in [1.807, 2.05) is 73.4 Å². The maximum atomic E-state index is 13.7. The van der Waals surface area contributed by atoms with Crippen LogP contribution in [0.5, 0.6) is 0 Å². The van der Waals surface area contributed by atoms with Gasteiger partial charge in [0.1, 0.15) is 0 Å². The molecule has 1 aliphatic heterocycles. The summed E-state index contributed by atoms with van der Waals surface area (Å²) in [4.78, 5) is 36.6. The topological polar surface area (TPSA) is 74.3 Å². The molecule has 1 aliphatic carbocycles. The molecule has 2 N–H and O–H groups in total. The minimum atomic E-state index is -0.316. The number of allylic oxidation sites excluding steroid dienone is 2. The van der Waals surface area contributed by atoms with Crippen molar-refractivity contribution >= 4 is 63.3 Å². The molecule has 2 heterocycles. The lowest BCUT2D eigenvalue weighted by Gasteiger charge is -2.40. The number of hydrogen-bond donors (Lipinski definition) is 2. The van der Waals surface area contributed by atoms with Crippen molar-refractivity contribution in [1.82, 2.24) is 4.98 Å². The number of thioether (sulfide) groups is 2. The van der Waals surface area contributed by atoms with E-state index in [9.17, 15) is 9.59 Å². The molecule has 0 saturated heterocycles. The molecule has 6 nitrogen and oxygen atoms in total. The Hall–Kier alpha value is -3.79. The first-order valence-corrected chi connectivity index (χ1v) is 16.8. The molecule has 3 aromatic carbocycles. The largest absolute Gasteiger partial charge is 0.326 e. The third-order valence-electron chi connectivity index (χ3n) is 7.34. The molecule has 0 saturated carbocycles. The molecule has 218 valence electrons. The number of fused-ring (bicyclic) bond motifs is 2. The second-order valence-electron chi connectivity index (χ2n) is 10.4. The molecule has 43 heavy (non-hydrogen) atoms. The molecular weight excluding hydrogens is 593 g/mol. The minimum absolute atomic E-state index is 0.0725. The van der Waals surface area contributed by atoms with Crippen molar-refractivity contribution in [2.45, 2.75) is 53.5 Å². The van der Waals surface area contributed by atoms with Crippen LogP contribution < -0.4 is 15.5 Å². The number of para-hydroxylation sites is 1. The molecule has 3 atom stereocenters. The highest BCUT2D eigenvalue weighted by Gasteiger charge is 2.36. The summed E-state index contributed by atoms with van der Waals surface area (Å²) in [6, 6.07) is 23.7. The molecular formula is C34H32N4O2S3. The van der Waals surface area contributed by atoms with E-state index in [4.69, 9.17) is 4.98 Å². The molecule has 4 aromatic rings. The molecule has 6 rings (SSSR count). The van der Waals surface area contributed by atoms with Gasteiger partial charge in [-0.1, -0.05) is 79.3 Å². The van der Waals surface area contributed by atoms with Gasteiger partial charge in [-0.3, -0.25) is 9.69 Å². The monoisotopic (exact) mass is 624 g/mol. The third kappa shape index (κ3) is 6.44. The van der Waals surface area contributed by atoms with Crippen molar-refractivity contribution in [3.05, 3.63) is 108 Å². The summed E-state index contributed by atoms with van der Waals surface area (Å²) in [6.07, 6.45) is 8.91. The van der Waals surface area contributed by atoms with Gasteiger partial charge in [0.2, 0.25) is 5.91 Å². The van der Waals surface area contributed by atoms with Gasteiger partial charge in [0.25, 0.3) is 0 Å². The van der Waals surface area contributed by atoms with Crippen molar-refractivity contribution in [3.8, 4) is 11.3 Å². The highest BCUT2D eigenvalue weighted by molar-refractivity contribution is 8.00. The van der Waals surface area contributed by atoms with E-state index >= 15 is 0 Å². The molecule has 0 radical (unpaired) electrons. The average Bonchev–Trinajstić information content (AvgIpc) is 3.38. The number of amides is 3. The van der Waals surface area contributed by atoms with E-state index in [0.29, 0.717) is 17.2 Å². The van der Waals surface area contributed by atoms with E-state index in [2.05, 4.69) is 60.0 Å². The van der Waals surface area contributed by atoms with Crippen LogP contribution >= 0.6 is 34.9 Å². The number of nitrogens with one attached hydrogen (secondary N) is 2. The Morgan fingerprint density at radius 3 is 2.58 bits per heavy atom. The number of carbonyl (C=O) groups excluding carboxylic acids is 2. The van der Waals surface area contributed by atoms with Gasteiger partial charge in [0.05, 0.1) is 27.9 Å². The summed E-state index contributed by atoms with van der Waals surface area (Å²) in [7, 11) is 0. The lowest BCUT2D eigenvalue weighted by atomic mass is 10.1. The Labute approximate surface area is 264 Å². The van der Waals surface area contributed by atoms with Crippen LogP contribution in [0.1, 0.15) is 23.8 Å². The van der Waals surface area contributed by atoms with Crippen molar-refractivity contribution in [2.75, 3.05) is 15.5 Å². The normalized spacial score (nSPS) is 17.6. The Kier molecular flexibility index (Phi) is 8.74. The average molecular weight is 625 g/mol. The van der Waals surface area contributed by atoms with Crippen molar-refractivity contribution in [1.29, 1.82) is 0 Å². The van der Waals surface area contributed by atoms with Gasteiger partial charge in [-0.2, -0.15) is 0 Å². The van der Waals surface area contributed by atoms with Gasteiger partial charge in [-0.25, -0.2) is 9.78 Å². The van der Waals surface area contributed by atoms with E-state index in [-0.39, 0.29) is 28.5 Å². The second kappa shape index (κ2) is 12.8. The number of thiazole rings is 1. The second-order valence-corrected chi connectivity index (χ2v) is 14.1. The Balaban J connectivity index is 1.14. The number of rotatable bonds is 7. The van der Waals surface area contributed by atoms with Crippen LogP contribution in [0.25, 0.3) is 11.3 Å². The van der Waals surface area contributed by atoms with Crippen molar-refractivity contribution in [2.24, 2.45) is 0 Å². The van der Waals surface area contributed by atoms with Gasteiger partial charge in [-0.15, -0.1) is 34.9 Å². The predicted molar refractivity (Wildman–Crippen MR) is 182 cm³/mol. The lowest BCUT2D eigenvalue weighted by Crippen LogP contribution is -2.49. The summed E-state index contributed by atoms with van der Waals surface area (Å²) in [5.74, 6) is -0.0863. The third-order valence-corrected chi connectivity index (χ3v) is 10.9. The first-order chi connectivity index (χ1) is 20.9. The van der Waals surface area contributed by atoms with E-state index < -0.39 is 0 Å². The molecule has 3 unspecified atom stereocenters. The fraction of sp³-hybridized carbons (Fsp3) is 0.206. The van der Waals surface area contributed by atoms with Crippen LogP contribution in [0.15, 0.2) is 107 Å². The van der Waals surface area contributed by atoms with Gasteiger partial charge in [0.15, 0.2) is 5.13 Å². The maximum Gasteiger partial charge on any atom is 0.326 e. The van der Waals surface area contributed by atoms with E-state index in [1.165, 1.54) is 28.7 Å². The Morgan fingerprint density at radius 1 is 0.977 bits per heavy atom. The van der Waals surface area contributed by atoms with Crippen molar-refractivity contribution in [3.63, 3.8) is 0 Å². The zero-order valence-electron chi connectivity index (χ0n) is 24.1. The van der Waals surface area contributed by atoms with Crippen molar-refractivity contribution < 1.29 is 9.59 Å². The standard InChI is InChI=1S/C34H32N4O2S3/c1-4-28(32(39)37-33-36-31(22(3)41-33)23-18-16-21(2)17-19-23)42-25-11-9-10-24(20-25)35-34(40)38-26-12-5-7-14-29(26)43-30-15-8-6-13-27(30)38/h5-20,26,28-29H,4H2,1-3H3,(H,35,40)(H,36,37,39). The summed E-state index contributed by atoms with van der Waals surface area (Å²) >= 11 is 4.75. The summed E-state index contributed by atoms with van der Waals surface area (Å²) in [5.41, 5.74) is 4.72. The zero-order chi connectivity index (χ0) is 29.9. The van der Waals surface area contributed by atoms with Crippen LogP contribution in [0.3, 0.4) is 0 Å². The van der Waals surface area contributed by atoms with Crippen LogP contribution in [-0.2, 0) is 4.79 Å². The van der Waals surface area contributed by atoms with Gasteiger partial charge in [0, 0.05) is 25.9 Å². The smallest absolute Gasteiger partial charge is 0.307 e. The van der Waals surface area contributed by atoms with Gasteiger partial charge < -0.3 is 10.6 Å². The Morgan fingerprint density at radius 2 is 1.77 bits per heavy atom. The number of aryl methyl sites for hydroxylation is 2. The molecule has 0 fully saturated rings. The molecule has 9 heteroatoms. The summed E-state index contributed by atoms with van der Waals surface area (Å²) < 4.78 is 0. The fourth-order valence-corrected chi connectivity index (χ4v) is 8.27. The van der Waals surface area contributed by atoms with Gasteiger partial charge >= 0.3 is 6.03 Å². The maximum absolute atomic E-state index is 13.7. The predicted octanol–water partition coefficient (Wildman–Crippen LogP) is 8.94. The highest BCUT2D eigenvalue weighted by atomic mass is 32.2. The minimum Gasteiger partial charge on any atom is -0.307 e. The summed E-state index contributed by atoms with van der Waals surface area (Å²) in [6.45, 7) is 6.09. The molecule has 1 aromatic heterocycles. The quantitative estimate of drug-likeness (QED) is 0.201. The fourth-order valence-electron chi connectivity index (χ4n) is 5.16. The lowest BCUT2D eigenvalue weighted by molar-refractivity contribution is -0.115. The van der Waals surface area contributed by atoms with Crippen LogP contribution in [0, 0.1) is 13.8 Å². The van der Waals surface area contributed by atoms with E-state index in [0.717, 1.165) is 31.6 Å². The number of urea groups is 1. The first kappa shape index (κ1) is 29.3. The molecule has 0 bridgehead atoms. The van der Waals surface area contributed by atoms with Gasteiger partial charge in [-0.05, 0) is 50.6 Å². The zero-order valence-corrected chi connectivity index (χ0v) is 26.6. The SMILES string of the molecule is CCC(Sc1cccc(NC(=O)N2c3ccccc3SC3C=CC=CC32)c1)C(=O)Nc1nc(-c2ccc(C)cc2)c(C)s1. The number of anilines is 3. The first-order valence-electron chi connectivity index (χ1n) is 14.2. The number of aromatic nitrogens is 1. The molecule has 3 amide bonds. The van der Waals surface area contributed by atoms with Crippen LogP contribution in [0.2, 0.25) is 0 Å². The number of hydrogen-bond acceptors (Lipinski definition) is 6. The number of carbonyl (C=O) groups is 2. The highest BCUT2D eigenvalue weighted by Crippen LogP contribution is 2.44. The molecule has 0 spiro atoms. The van der Waals surface area contributed by atoms with E-state index in [1.54, 1.807) is 11.8 Å². The van der Waals surface area contributed by atoms with Crippen LogP contribution in [0.4, 0.5) is 21.3 Å². The Bertz CT molecular complexity index is 1710. The van der Waals surface area contributed by atoms with Crippen LogP contribution in [-0.4, -0.2) is 33.5 Å².